The van der Waals surface area contributed by atoms with Crippen LogP contribution >= 0.6 is 0 Å². The minimum Gasteiger partial charge on any atom is -0.340 e. The number of aromatic amines is 1. The quantitative estimate of drug-likeness (QED) is 0.635. The van der Waals surface area contributed by atoms with Crippen LogP contribution in [0.5, 0.6) is 0 Å². The molecule has 3 heterocycles. The van der Waals surface area contributed by atoms with Gasteiger partial charge in [-0.2, -0.15) is 9.29 Å². The summed E-state index contributed by atoms with van der Waals surface area (Å²) in [6.07, 6.45) is 2.05. The van der Waals surface area contributed by atoms with Gasteiger partial charge in [-0.15, -0.1) is 0 Å². The first-order valence-corrected chi connectivity index (χ1v) is 13.5. The Bertz CT molecular complexity index is 1400. The number of H-pyrrole nitrogens is 1. The number of Topliss-reactive ketones (excluding diaryl/α,β-unsaturated/α-hetero) is 1. The summed E-state index contributed by atoms with van der Waals surface area (Å²) >= 11 is 0. The number of imidazole rings is 1. The summed E-state index contributed by atoms with van der Waals surface area (Å²) in [5.41, 5.74) is -1.47. The van der Waals surface area contributed by atoms with Gasteiger partial charge in [0, 0.05) is 51.6 Å². The number of hydrogen-bond donors (Lipinski definition) is 1. The van der Waals surface area contributed by atoms with E-state index in [1.54, 1.807) is 11.6 Å². The highest BCUT2D eigenvalue weighted by molar-refractivity contribution is 7.89. The Balaban J connectivity index is 1.38. The number of anilines is 1. The van der Waals surface area contributed by atoms with Crippen LogP contribution in [0.3, 0.4) is 0 Å². The predicted octanol–water partition coefficient (Wildman–Crippen LogP) is 0.290. The number of aryl methyl sites for hydroxylation is 2. The Labute approximate surface area is 197 Å². The van der Waals surface area contributed by atoms with Gasteiger partial charge in [0.05, 0.1) is 5.75 Å². The van der Waals surface area contributed by atoms with Gasteiger partial charge in [0.15, 0.2) is 11.2 Å². The van der Waals surface area contributed by atoms with Gasteiger partial charge in [0.25, 0.3) is 5.56 Å². The third-order valence-electron chi connectivity index (χ3n) is 8.79. The van der Waals surface area contributed by atoms with Gasteiger partial charge >= 0.3 is 5.69 Å². The minimum absolute atomic E-state index is 0.100. The lowest BCUT2D eigenvalue weighted by atomic mass is 9.70. The Kier molecular flexibility index (Phi) is 5.14. The molecule has 3 fully saturated rings. The van der Waals surface area contributed by atoms with E-state index in [-0.39, 0.29) is 36.0 Å². The molecule has 5 rings (SSSR count). The summed E-state index contributed by atoms with van der Waals surface area (Å²) in [5, 5.41) is 0. The highest BCUT2D eigenvalue weighted by Crippen LogP contribution is 2.64. The summed E-state index contributed by atoms with van der Waals surface area (Å²) in [6, 6.07) is 0. The van der Waals surface area contributed by atoms with Gasteiger partial charge in [-0.3, -0.25) is 19.1 Å². The van der Waals surface area contributed by atoms with Crippen LogP contribution in [0.25, 0.3) is 11.2 Å². The Morgan fingerprint density at radius 1 is 1.12 bits per heavy atom. The first-order valence-electron chi connectivity index (χ1n) is 11.9. The lowest BCUT2D eigenvalue weighted by Crippen LogP contribution is -2.53. The molecule has 2 unspecified atom stereocenters. The molecule has 12 heteroatoms. The highest BCUT2D eigenvalue weighted by Gasteiger charge is 2.65. The SMILES string of the molecule is CCn1c(N2CCN(S(=O)(=O)CC34CCC(CC3=O)C4(C)C)CC2)nc2c1c(=O)[nH]c(=O)n2C. The zero-order valence-electron chi connectivity index (χ0n) is 20.1. The molecule has 0 aromatic carbocycles. The van der Waals surface area contributed by atoms with Crippen molar-refractivity contribution in [2.75, 3.05) is 36.8 Å². The molecule has 0 amide bonds. The average Bonchev–Trinajstić information content (AvgIpc) is 3.34. The van der Waals surface area contributed by atoms with E-state index in [2.05, 4.69) is 9.97 Å². The summed E-state index contributed by atoms with van der Waals surface area (Å²) in [6.45, 7) is 7.83. The molecular formula is C22H32N6O5S. The van der Waals surface area contributed by atoms with Crippen molar-refractivity contribution >= 4 is 32.9 Å². The topological polar surface area (TPSA) is 130 Å². The third kappa shape index (κ3) is 3.07. The number of piperazine rings is 1. The standard InChI is InChI=1S/C22H32N6O5S/c1-5-28-16-17(25(4)20(31)24-18(16)30)23-19(28)26-8-10-27(11-9-26)34(32,33)13-22-7-6-14(12-15(22)29)21(22,2)3/h14H,5-13H2,1-4H3,(H,24,30,31). The number of aromatic nitrogens is 4. The number of nitrogens with one attached hydrogen (secondary N) is 1. The molecule has 2 aliphatic carbocycles. The maximum Gasteiger partial charge on any atom is 0.329 e. The van der Waals surface area contributed by atoms with Gasteiger partial charge in [-0.05, 0) is 31.1 Å². The van der Waals surface area contributed by atoms with E-state index in [9.17, 15) is 22.8 Å². The van der Waals surface area contributed by atoms with Crippen LogP contribution in [0.1, 0.15) is 40.0 Å². The van der Waals surface area contributed by atoms with Crippen molar-refractivity contribution in [1.29, 1.82) is 0 Å². The van der Waals surface area contributed by atoms with Crippen LogP contribution in [-0.2, 0) is 28.4 Å². The molecule has 34 heavy (non-hydrogen) atoms. The van der Waals surface area contributed by atoms with Crippen molar-refractivity contribution in [3.05, 3.63) is 20.8 Å². The van der Waals surface area contributed by atoms with E-state index >= 15 is 0 Å². The van der Waals surface area contributed by atoms with Gasteiger partial charge < -0.3 is 9.47 Å². The molecule has 2 aromatic rings. The summed E-state index contributed by atoms with van der Waals surface area (Å²) in [7, 11) is -2.07. The molecular weight excluding hydrogens is 460 g/mol. The molecule has 3 aliphatic rings. The van der Waals surface area contributed by atoms with Crippen molar-refractivity contribution < 1.29 is 13.2 Å². The second kappa shape index (κ2) is 7.51. The molecule has 186 valence electrons. The van der Waals surface area contributed by atoms with Crippen molar-refractivity contribution in [1.82, 2.24) is 23.4 Å². The molecule has 0 spiro atoms. The Morgan fingerprint density at radius 3 is 2.35 bits per heavy atom. The first kappa shape index (κ1) is 23.3. The molecule has 0 radical (unpaired) electrons. The number of ketones is 1. The fourth-order valence-electron chi connectivity index (χ4n) is 6.44. The number of fused-ring (bicyclic) bond motifs is 3. The van der Waals surface area contributed by atoms with Crippen LogP contribution in [0.15, 0.2) is 9.59 Å². The number of nitrogens with zero attached hydrogens (tertiary/aromatic N) is 5. The average molecular weight is 493 g/mol. The minimum atomic E-state index is -3.62. The predicted molar refractivity (Wildman–Crippen MR) is 127 cm³/mol. The van der Waals surface area contributed by atoms with Crippen LogP contribution in [-0.4, -0.2) is 69.5 Å². The maximum atomic E-state index is 13.4. The fraction of sp³-hybridized carbons (Fsp3) is 0.727. The van der Waals surface area contributed by atoms with E-state index in [0.717, 1.165) is 6.42 Å². The molecule has 1 aliphatic heterocycles. The molecule has 2 aromatic heterocycles. The number of sulfonamides is 1. The third-order valence-corrected chi connectivity index (χ3v) is 10.8. The number of carbonyl (C=O) groups excluding carboxylic acids is 1. The molecule has 1 saturated heterocycles. The van der Waals surface area contributed by atoms with Gasteiger partial charge in [0.2, 0.25) is 16.0 Å². The van der Waals surface area contributed by atoms with Crippen LogP contribution in [0.2, 0.25) is 0 Å². The summed E-state index contributed by atoms with van der Waals surface area (Å²) < 4.78 is 31.4. The number of rotatable bonds is 5. The number of hydrogen-bond acceptors (Lipinski definition) is 7. The molecule has 1 N–H and O–H groups in total. The van der Waals surface area contributed by atoms with E-state index in [4.69, 9.17) is 0 Å². The highest BCUT2D eigenvalue weighted by atomic mass is 32.2. The zero-order chi connectivity index (χ0) is 24.6. The van der Waals surface area contributed by atoms with Crippen LogP contribution in [0, 0.1) is 16.7 Å². The summed E-state index contributed by atoms with van der Waals surface area (Å²) in [5.74, 6) is 0.801. The molecule has 11 nitrogen and oxygen atoms in total. The van der Waals surface area contributed by atoms with Crippen molar-refractivity contribution in [3.8, 4) is 0 Å². The summed E-state index contributed by atoms with van der Waals surface area (Å²) in [4.78, 5) is 46.2. The van der Waals surface area contributed by atoms with Gasteiger partial charge in [-0.25, -0.2) is 13.2 Å². The van der Waals surface area contributed by atoms with Gasteiger partial charge in [0.1, 0.15) is 5.78 Å². The largest absolute Gasteiger partial charge is 0.340 e. The maximum absolute atomic E-state index is 13.4. The van der Waals surface area contributed by atoms with Gasteiger partial charge in [-0.1, -0.05) is 13.8 Å². The molecule has 2 saturated carbocycles. The van der Waals surface area contributed by atoms with E-state index in [1.807, 2.05) is 25.7 Å². The van der Waals surface area contributed by atoms with E-state index in [1.165, 1.54) is 8.87 Å². The van der Waals surface area contributed by atoms with E-state index < -0.39 is 26.7 Å². The number of carbonyl (C=O) groups is 1. The zero-order valence-corrected chi connectivity index (χ0v) is 20.9. The smallest absolute Gasteiger partial charge is 0.329 e. The second-order valence-electron chi connectivity index (χ2n) is 10.5. The molecule has 2 atom stereocenters. The van der Waals surface area contributed by atoms with Crippen molar-refractivity contribution in [3.63, 3.8) is 0 Å². The van der Waals surface area contributed by atoms with Crippen LogP contribution < -0.4 is 16.1 Å². The van der Waals surface area contributed by atoms with Crippen LogP contribution in [0.4, 0.5) is 5.95 Å². The molecule has 2 bridgehead atoms. The Hall–Kier alpha value is -2.47. The fourth-order valence-corrected chi connectivity index (χ4v) is 8.64. The normalized spacial score (nSPS) is 27.2. The van der Waals surface area contributed by atoms with E-state index in [0.29, 0.717) is 49.6 Å². The lowest BCUT2D eigenvalue weighted by Gasteiger charge is -2.40. The Morgan fingerprint density at radius 2 is 1.79 bits per heavy atom. The van der Waals surface area contributed by atoms with Crippen molar-refractivity contribution in [2.45, 2.75) is 46.6 Å². The second-order valence-corrected chi connectivity index (χ2v) is 12.4. The monoisotopic (exact) mass is 492 g/mol. The lowest BCUT2D eigenvalue weighted by molar-refractivity contribution is -0.128. The first-order chi connectivity index (χ1) is 15.9. The van der Waals surface area contributed by atoms with Crippen molar-refractivity contribution in [2.24, 2.45) is 23.8 Å².